The molecule has 1 saturated heterocycles. The lowest BCUT2D eigenvalue weighted by molar-refractivity contribution is -0.127. The number of amides is 1. The Balaban J connectivity index is 0.00000341. The summed E-state index contributed by atoms with van der Waals surface area (Å²) in [6.07, 6.45) is 0.928. The molecule has 2 aromatic heterocycles. The minimum atomic E-state index is -0.0163. The molecule has 0 bridgehead atoms. The van der Waals surface area contributed by atoms with Crippen LogP contribution in [0.4, 0.5) is 0 Å². The maximum absolute atomic E-state index is 12.0. The second-order valence-electron chi connectivity index (χ2n) is 7.27. The molecule has 2 N–H and O–H groups in total. The van der Waals surface area contributed by atoms with Gasteiger partial charge in [0.2, 0.25) is 5.91 Å². The van der Waals surface area contributed by atoms with E-state index in [0.717, 1.165) is 45.8 Å². The van der Waals surface area contributed by atoms with Gasteiger partial charge in [0, 0.05) is 50.0 Å². The highest BCUT2D eigenvalue weighted by Gasteiger charge is 2.23. The molecule has 0 spiro atoms. The third-order valence-corrected chi connectivity index (χ3v) is 6.85. The van der Waals surface area contributed by atoms with Gasteiger partial charge in [-0.1, -0.05) is 12.1 Å². The van der Waals surface area contributed by atoms with Crippen molar-refractivity contribution < 1.29 is 9.53 Å². The van der Waals surface area contributed by atoms with E-state index < -0.39 is 0 Å². The van der Waals surface area contributed by atoms with Crippen LogP contribution in [-0.4, -0.2) is 81.7 Å². The summed E-state index contributed by atoms with van der Waals surface area (Å²) in [6, 6.07) is 8.73. The highest BCUT2D eigenvalue weighted by Crippen LogP contribution is 2.25. The number of thiophene rings is 2. The Morgan fingerprint density at radius 1 is 1.19 bits per heavy atom. The Morgan fingerprint density at radius 3 is 2.58 bits per heavy atom. The molecule has 0 radical (unpaired) electrons. The molecule has 0 aromatic carbocycles. The molecule has 1 amide bonds. The lowest BCUT2D eigenvalue weighted by Gasteiger charge is -2.34. The van der Waals surface area contributed by atoms with Crippen LogP contribution in [0.3, 0.4) is 0 Å². The molecule has 7 nitrogen and oxygen atoms in total. The predicted octanol–water partition coefficient (Wildman–Crippen LogP) is 2.67. The summed E-state index contributed by atoms with van der Waals surface area (Å²) in [6.45, 7) is 4.98. The van der Waals surface area contributed by atoms with E-state index >= 15 is 0 Å². The van der Waals surface area contributed by atoms with Gasteiger partial charge in [-0.3, -0.25) is 9.69 Å². The van der Waals surface area contributed by atoms with Gasteiger partial charge in [-0.15, -0.1) is 46.7 Å². The van der Waals surface area contributed by atoms with Crippen molar-refractivity contribution in [3.63, 3.8) is 0 Å². The fraction of sp³-hybridized carbons (Fsp3) is 0.524. The zero-order chi connectivity index (χ0) is 21.2. The Morgan fingerprint density at radius 2 is 1.94 bits per heavy atom. The fourth-order valence-corrected chi connectivity index (χ4v) is 4.76. The van der Waals surface area contributed by atoms with Crippen LogP contribution in [-0.2, 0) is 16.0 Å². The number of nitrogens with one attached hydrogen (secondary N) is 2. The number of hydrogen-bond acceptors (Lipinski definition) is 6. The second-order valence-corrected chi connectivity index (χ2v) is 9.28. The number of hydrogen-bond donors (Lipinski definition) is 2. The van der Waals surface area contributed by atoms with Crippen LogP contribution in [0.2, 0.25) is 0 Å². The molecule has 1 aliphatic heterocycles. The first-order chi connectivity index (χ1) is 14.6. The van der Waals surface area contributed by atoms with Gasteiger partial charge >= 0.3 is 0 Å². The van der Waals surface area contributed by atoms with Gasteiger partial charge in [0.15, 0.2) is 5.96 Å². The first-order valence-corrected chi connectivity index (χ1v) is 12.0. The van der Waals surface area contributed by atoms with E-state index in [1.165, 1.54) is 9.75 Å². The highest BCUT2D eigenvalue weighted by atomic mass is 127. The molecule has 10 heteroatoms. The van der Waals surface area contributed by atoms with Crippen molar-refractivity contribution in [3.05, 3.63) is 44.8 Å². The maximum Gasteiger partial charge on any atom is 0.243 e. The fourth-order valence-electron chi connectivity index (χ4n) is 3.19. The maximum atomic E-state index is 12.0. The summed E-state index contributed by atoms with van der Waals surface area (Å²) in [5.74, 6) is 0.661. The van der Waals surface area contributed by atoms with Crippen molar-refractivity contribution in [2.45, 2.75) is 12.5 Å². The third kappa shape index (κ3) is 8.68. The lowest BCUT2D eigenvalue weighted by atomic mass is 10.2. The van der Waals surface area contributed by atoms with Gasteiger partial charge in [-0.25, -0.2) is 4.99 Å². The van der Waals surface area contributed by atoms with E-state index in [4.69, 9.17) is 4.74 Å². The molecule has 172 valence electrons. The average Bonchev–Trinajstić information content (AvgIpc) is 3.46. The predicted molar refractivity (Wildman–Crippen MR) is 140 cm³/mol. The van der Waals surface area contributed by atoms with Crippen LogP contribution in [0.5, 0.6) is 0 Å². The summed E-state index contributed by atoms with van der Waals surface area (Å²) in [4.78, 5) is 23.2. The molecule has 31 heavy (non-hydrogen) atoms. The highest BCUT2D eigenvalue weighted by molar-refractivity contribution is 14.0. The van der Waals surface area contributed by atoms with Gasteiger partial charge in [-0.05, 0) is 29.3 Å². The number of carbonyl (C=O) groups is 1. The van der Waals surface area contributed by atoms with Crippen molar-refractivity contribution in [2.24, 2.45) is 4.99 Å². The van der Waals surface area contributed by atoms with Gasteiger partial charge < -0.3 is 20.3 Å². The number of morpholine rings is 1. The molecule has 1 aliphatic rings. The number of guanidine groups is 1. The lowest BCUT2D eigenvalue weighted by Crippen LogP contribution is -2.46. The Bertz CT molecular complexity index is 778. The van der Waals surface area contributed by atoms with E-state index in [9.17, 15) is 4.79 Å². The summed E-state index contributed by atoms with van der Waals surface area (Å²) < 4.78 is 5.53. The average molecular weight is 578 g/mol. The molecule has 3 rings (SSSR count). The van der Waals surface area contributed by atoms with Gasteiger partial charge in [0.25, 0.3) is 0 Å². The molecule has 0 aliphatic carbocycles. The number of nitrogens with zero attached hydrogens (tertiary/aromatic N) is 3. The molecule has 1 fully saturated rings. The van der Waals surface area contributed by atoms with Crippen LogP contribution in [0, 0.1) is 0 Å². The second kappa shape index (κ2) is 14.0. The number of likely N-dealkylation sites (N-methyl/N-ethyl adjacent to an activating group) is 1. The summed E-state index contributed by atoms with van der Waals surface area (Å²) >= 11 is 3.53. The first kappa shape index (κ1) is 26.0. The summed E-state index contributed by atoms with van der Waals surface area (Å²) in [7, 11) is 3.50. The van der Waals surface area contributed by atoms with E-state index in [1.807, 2.05) is 0 Å². The first-order valence-electron chi connectivity index (χ1n) is 10.2. The van der Waals surface area contributed by atoms with E-state index in [2.05, 4.69) is 55.6 Å². The quantitative estimate of drug-likeness (QED) is 0.273. The van der Waals surface area contributed by atoms with Crippen LogP contribution in [0.1, 0.15) is 15.8 Å². The van der Waals surface area contributed by atoms with Crippen LogP contribution < -0.4 is 10.6 Å². The van der Waals surface area contributed by atoms with Crippen LogP contribution in [0.25, 0.3) is 0 Å². The van der Waals surface area contributed by atoms with Crippen molar-refractivity contribution in [1.29, 1.82) is 0 Å². The van der Waals surface area contributed by atoms with Crippen molar-refractivity contribution >= 4 is 58.5 Å². The minimum absolute atomic E-state index is 0. The number of ether oxygens (including phenoxy) is 1. The normalized spacial score (nSPS) is 15.7. The molecule has 0 saturated carbocycles. The summed E-state index contributed by atoms with van der Waals surface area (Å²) in [5.41, 5.74) is 0. The topological polar surface area (TPSA) is 69.2 Å². The molecular formula is C21H32IN5O2S2. The largest absolute Gasteiger partial charge is 0.379 e. The van der Waals surface area contributed by atoms with Crippen molar-refractivity contribution in [2.75, 3.05) is 60.0 Å². The Hall–Kier alpha value is -1.21. The van der Waals surface area contributed by atoms with Gasteiger partial charge in [0.1, 0.15) is 6.54 Å². The summed E-state index contributed by atoms with van der Waals surface area (Å²) in [5, 5.41) is 11.1. The number of carbonyl (C=O) groups excluding carboxylic acids is 1. The van der Waals surface area contributed by atoms with E-state index in [0.29, 0.717) is 5.96 Å². The van der Waals surface area contributed by atoms with E-state index in [-0.39, 0.29) is 42.5 Å². The number of aliphatic imine (C=N–C) groups is 1. The monoisotopic (exact) mass is 577 g/mol. The van der Waals surface area contributed by atoms with Crippen molar-refractivity contribution in [3.8, 4) is 0 Å². The molecule has 1 unspecified atom stereocenters. The molecule has 2 aromatic rings. The zero-order valence-corrected chi connectivity index (χ0v) is 22.0. The Kier molecular flexibility index (Phi) is 11.8. The van der Waals surface area contributed by atoms with E-state index in [1.54, 1.807) is 41.7 Å². The SMILES string of the molecule is CN(C)C(=O)CN=C(NCCc1cccs1)NCC(c1cccs1)N1CCOCC1.I. The molecule has 1 atom stereocenters. The zero-order valence-electron chi connectivity index (χ0n) is 18.1. The molecular weight excluding hydrogens is 545 g/mol. The Labute approximate surface area is 209 Å². The number of halogens is 1. The standard InChI is InChI=1S/C21H31N5O2S2.HI/c1-25(2)20(27)16-24-21(22-8-7-17-5-3-13-29-17)23-15-18(19-6-4-14-30-19)26-9-11-28-12-10-26;/h3-6,13-14,18H,7-12,15-16H2,1-2H3,(H2,22,23,24);1H. The third-order valence-electron chi connectivity index (χ3n) is 4.94. The molecule has 3 heterocycles. The van der Waals surface area contributed by atoms with Gasteiger partial charge in [0.05, 0.1) is 19.3 Å². The number of rotatable bonds is 9. The van der Waals surface area contributed by atoms with Crippen LogP contribution >= 0.6 is 46.7 Å². The van der Waals surface area contributed by atoms with Crippen LogP contribution in [0.15, 0.2) is 40.0 Å². The minimum Gasteiger partial charge on any atom is -0.379 e. The van der Waals surface area contributed by atoms with Crippen molar-refractivity contribution in [1.82, 2.24) is 20.4 Å². The smallest absolute Gasteiger partial charge is 0.243 e. The van der Waals surface area contributed by atoms with Gasteiger partial charge in [-0.2, -0.15) is 0 Å².